The third-order valence-corrected chi connectivity index (χ3v) is 4.45. The molecular formula is C22H25F2NO3. The molecule has 2 rings (SSSR count). The number of esters is 1. The van der Waals surface area contributed by atoms with Crippen LogP contribution in [0.1, 0.15) is 61.1 Å². The minimum absolute atomic E-state index is 0.0913. The average molecular weight is 389 g/mol. The second kappa shape index (κ2) is 9.44. The maximum Gasteiger partial charge on any atom is 0.344 e. The highest BCUT2D eigenvalue weighted by Crippen LogP contribution is 2.24. The first-order valence-corrected chi connectivity index (χ1v) is 9.21. The number of rotatable bonds is 7. The molecule has 0 radical (unpaired) electrons. The zero-order valence-corrected chi connectivity index (χ0v) is 16.5. The van der Waals surface area contributed by atoms with Crippen LogP contribution in [0, 0.1) is 17.6 Å². The fourth-order valence-electron chi connectivity index (χ4n) is 2.83. The van der Waals surface area contributed by atoms with E-state index in [0.29, 0.717) is 5.92 Å². The first kappa shape index (κ1) is 21.5. The average Bonchev–Trinajstić information content (AvgIpc) is 2.64. The van der Waals surface area contributed by atoms with E-state index in [9.17, 15) is 18.4 Å². The van der Waals surface area contributed by atoms with Gasteiger partial charge >= 0.3 is 5.97 Å². The molecule has 2 aromatic rings. The zero-order chi connectivity index (χ0) is 20.8. The minimum Gasteiger partial charge on any atom is -0.452 e. The summed E-state index contributed by atoms with van der Waals surface area (Å²) in [6, 6.07) is 10.7. The van der Waals surface area contributed by atoms with Crippen LogP contribution in [0.15, 0.2) is 42.5 Å². The Hall–Kier alpha value is -2.76. The van der Waals surface area contributed by atoms with Crippen LogP contribution in [0.3, 0.4) is 0 Å². The monoisotopic (exact) mass is 389 g/mol. The molecule has 6 heteroatoms. The maximum absolute atomic E-state index is 13.6. The predicted octanol–water partition coefficient (Wildman–Crippen LogP) is 4.76. The Labute approximate surface area is 163 Å². The summed E-state index contributed by atoms with van der Waals surface area (Å²) >= 11 is 0. The first-order chi connectivity index (χ1) is 13.2. The molecule has 28 heavy (non-hydrogen) atoms. The van der Waals surface area contributed by atoms with Gasteiger partial charge in [0.15, 0.2) is 6.61 Å². The lowest BCUT2D eigenvalue weighted by Crippen LogP contribution is -2.35. The molecule has 0 aromatic heterocycles. The van der Waals surface area contributed by atoms with Gasteiger partial charge in [0.05, 0.1) is 6.04 Å². The Morgan fingerprint density at radius 1 is 0.929 bits per heavy atom. The van der Waals surface area contributed by atoms with Gasteiger partial charge in [-0.2, -0.15) is 0 Å². The number of carbonyl (C=O) groups is 2. The van der Waals surface area contributed by atoms with Crippen LogP contribution in [-0.2, 0) is 9.53 Å². The van der Waals surface area contributed by atoms with Crippen LogP contribution in [0.2, 0.25) is 0 Å². The van der Waals surface area contributed by atoms with Gasteiger partial charge in [-0.1, -0.05) is 58.0 Å². The van der Waals surface area contributed by atoms with E-state index in [1.807, 2.05) is 38.1 Å². The molecule has 1 atom stereocenters. The van der Waals surface area contributed by atoms with Crippen molar-refractivity contribution >= 4 is 11.9 Å². The Balaban J connectivity index is 2.02. The van der Waals surface area contributed by atoms with Gasteiger partial charge in [0, 0.05) is 0 Å². The summed E-state index contributed by atoms with van der Waals surface area (Å²) in [5.74, 6) is -3.33. The summed E-state index contributed by atoms with van der Waals surface area (Å²) < 4.78 is 32.0. The molecule has 0 aliphatic carbocycles. The molecule has 0 spiro atoms. The van der Waals surface area contributed by atoms with Gasteiger partial charge < -0.3 is 10.1 Å². The van der Waals surface area contributed by atoms with Crippen molar-refractivity contribution in [2.75, 3.05) is 6.61 Å². The number of ether oxygens (including phenoxy) is 1. The van der Waals surface area contributed by atoms with Crippen molar-refractivity contribution in [3.05, 3.63) is 70.8 Å². The lowest BCUT2D eigenvalue weighted by molar-refractivity contribution is -0.125. The summed E-state index contributed by atoms with van der Waals surface area (Å²) in [5, 5.41) is 2.81. The van der Waals surface area contributed by atoms with Gasteiger partial charge in [-0.05, 0) is 35.1 Å². The van der Waals surface area contributed by atoms with Crippen LogP contribution in [0.5, 0.6) is 0 Å². The van der Waals surface area contributed by atoms with Crippen LogP contribution in [-0.4, -0.2) is 18.5 Å². The second-order valence-corrected chi connectivity index (χ2v) is 7.28. The van der Waals surface area contributed by atoms with Crippen molar-refractivity contribution in [3.8, 4) is 0 Å². The van der Waals surface area contributed by atoms with Gasteiger partial charge in [0.2, 0.25) is 0 Å². The molecule has 0 saturated heterocycles. The van der Waals surface area contributed by atoms with Crippen molar-refractivity contribution < 1.29 is 23.1 Å². The maximum atomic E-state index is 13.6. The van der Waals surface area contributed by atoms with Crippen molar-refractivity contribution in [2.45, 2.75) is 39.7 Å². The molecular weight excluding hydrogens is 364 g/mol. The Morgan fingerprint density at radius 2 is 1.46 bits per heavy atom. The van der Waals surface area contributed by atoms with Crippen molar-refractivity contribution in [2.24, 2.45) is 5.92 Å². The number of nitrogens with one attached hydrogen (secondary N) is 1. The van der Waals surface area contributed by atoms with Crippen LogP contribution in [0.25, 0.3) is 0 Å². The molecule has 0 unspecified atom stereocenters. The third kappa shape index (κ3) is 5.38. The standard InChI is InChI=1S/C22H25F2NO3/c1-13(2)15-8-10-16(11-9-15)21(14(3)4)25-19(26)12-28-22(27)20-17(23)6-5-7-18(20)24/h5-11,13-14,21H,12H2,1-4H3,(H,25,26)/t21-/m0/s1. The largest absolute Gasteiger partial charge is 0.452 e. The number of carbonyl (C=O) groups excluding carboxylic acids is 2. The first-order valence-electron chi connectivity index (χ1n) is 9.21. The van der Waals surface area contributed by atoms with E-state index < -0.39 is 35.7 Å². The van der Waals surface area contributed by atoms with Crippen molar-refractivity contribution in [1.29, 1.82) is 0 Å². The Morgan fingerprint density at radius 3 is 1.96 bits per heavy atom. The minimum atomic E-state index is -1.21. The van der Waals surface area contributed by atoms with Crippen molar-refractivity contribution in [3.63, 3.8) is 0 Å². The molecule has 0 fully saturated rings. The number of benzene rings is 2. The van der Waals surface area contributed by atoms with Gasteiger partial charge in [-0.25, -0.2) is 13.6 Å². The molecule has 2 aromatic carbocycles. The molecule has 0 heterocycles. The number of hydrogen-bond donors (Lipinski definition) is 1. The fourth-order valence-corrected chi connectivity index (χ4v) is 2.83. The lowest BCUT2D eigenvalue weighted by atomic mass is 9.93. The summed E-state index contributed by atoms with van der Waals surface area (Å²) in [6.45, 7) is 7.50. The quantitative estimate of drug-likeness (QED) is 0.695. The summed E-state index contributed by atoms with van der Waals surface area (Å²) in [6.07, 6.45) is 0. The van der Waals surface area contributed by atoms with Crippen LogP contribution < -0.4 is 5.32 Å². The van der Waals surface area contributed by atoms with E-state index in [1.54, 1.807) is 0 Å². The summed E-state index contributed by atoms with van der Waals surface area (Å²) in [5.41, 5.74) is 1.32. The topological polar surface area (TPSA) is 55.4 Å². The van der Waals surface area contributed by atoms with Gasteiger partial charge in [0.1, 0.15) is 17.2 Å². The Kier molecular flexibility index (Phi) is 7.26. The summed E-state index contributed by atoms with van der Waals surface area (Å²) in [4.78, 5) is 24.1. The predicted molar refractivity (Wildman–Crippen MR) is 103 cm³/mol. The molecule has 0 aliphatic rings. The van der Waals surface area contributed by atoms with Gasteiger partial charge in [-0.15, -0.1) is 0 Å². The highest BCUT2D eigenvalue weighted by Gasteiger charge is 2.22. The number of hydrogen-bond acceptors (Lipinski definition) is 3. The molecule has 4 nitrogen and oxygen atoms in total. The number of halogens is 2. The number of amides is 1. The lowest BCUT2D eigenvalue weighted by Gasteiger charge is -2.23. The van der Waals surface area contributed by atoms with Crippen LogP contribution in [0.4, 0.5) is 8.78 Å². The molecule has 1 amide bonds. The van der Waals surface area contributed by atoms with E-state index in [2.05, 4.69) is 19.2 Å². The highest BCUT2D eigenvalue weighted by molar-refractivity contribution is 5.91. The molecule has 0 aliphatic heterocycles. The molecule has 0 saturated carbocycles. The summed E-state index contributed by atoms with van der Waals surface area (Å²) in [7, 11) is 0. The van der Waals surface area contributed by atoms with Crippen LogP contribution >= 0.6 is 0 Å². The molecule has 1 N–H and O–H groups in total. The van der Waals surface area contributed by atoms with E-state index >= 15 is 0 Å². The smallest absolute Gasteiger partial charge is 0.344 e. The van der Waals surface area contributed by atoms with E-state index in [-0.39, 0.29) is 12.0 Å². The van der Waals surface area contributed by atoms with E-state index in [1.165, 1.54) is 5.56 Å². The SMILES string of the molecule is CC(C)c1ccc([C@@H](NC(=O)COC(=O)c2c(F)cccc2F)C(C)C)cc1. The van der Waals surface area contributed by atoms with E-state index in [0.717, 1.165) is 23.8 Å². The van der Waals surface area contributed by atoms with Gasteiger partial charge in [-0.3, -0.25) is 4.79 Å². The normalized spacial score (nSPS) is 12.1. The van der Waals surface area contributed by atoms with E-state index in [4.69, 9.17) is 4.74 Å². The van der Waals surface area contributed by atoms with Crippen molar-refractivity contribution in [1.82, 2.24) is 5.32 Å². The Bertz CT molecular complexity index is 812. The van der Waals surface area contributed by atoms with Gasteiger partial charge in [0.25, 0.3) is 5.91 Å². The molecule has 150 valence electrons. The fraction of sp³-hybridized carbons (Fsp3) is 0.364. The third-order valence-electron chi connectivity index (χ3n) is 4.45. The highest BCUT2D eigenvalue weighted by atomic mass is 19.1. The molecule has 0 bridgehead atoms. The second-order valence-electron chi connectivity index (χ2n) is 7.28. The zero-order valence-electron chi connectivity index (χ0n) is 16.5.